The summed E-state index contributed by atoms with van der Waals surface area (Å²) in [7, 11) is 0. The number of benzene rings is 1. The van der Waals surface area contributed by atoms with Crippen molar-refractivity contribution >= 4 is 28.9 Å². The molecule has 2 aromatic rings. The van der Waals surface area contributed by atoms with E-state index in [1.54, 1.807) is 18.2 Å². The van der Waals surface area contributed by atoms with Crippen LogP contribution in [0.25, 0.3) is 0 Å². The van der Waals surface area contributed by atoms with E-state index in [-0.39, 0.29) is 0 Å². The Morgan fingerprint density at radius 3 is 2.65 bits per heavy atom. The van der Waals surface area contributed by atoms with Gasteiger partial charge in [-0.05, 0) is 31.5 Å². The van der Waals surface area contributed by atoms with Crippen molar-refractivity contribution in [1.29, 1.82) is 0 Å². The van der Waals surface area contributed by atoms with Crippen LogP contribution in [0.2, 0.25) is 10.0 Å². The molecule has 6 heteroatoms. The van der Waals surface area contributed by atoms with Crippen molar-refractivity contribution in [3.05, 3.63) is 39.6 Å². The number of nitrogens with zero attached hydrogens (tertiary/aromatic N) is 2. The van der Waals surface area contributed by atoms with Gasteiger partial charge in [-0.2, -0.15) is 5.10 Å². The van der Waals surface area contributed by atoms with Crippen LogP contribution in [0.3, 0.4) is 0 Å². The van der Waals surface area contributed by atoms with Crippen molar-refractivity contribution in [2.75, 3.05) is 5.73 Å². The van der Waals surface area contributed by atoms with Crippen molar-refractivity contribution < 1.29 is 4.74 Å². The van der Waals surface area contributed by atoms with E-state index < -0.39 is 0 Å². The van der Waals surface area contributed by atoms with E-state index in [1.807, 2.05) is 18.5 Å². The molecule has 2 N–H and O–H groups in total. The maximum absolute atomic E-state index is 6.32. The third-order valence-corrected chi connectivity index (χ3v) is 3.75. The second-order valence-corrected chi connectivity index (χ2v) is 5.14. The molecule has 1 aromatic heterocycles. The first-order valence-corrected chi connectivity index (χ1v) is 7.24. The molecular weight excluding hydrogens is 297 g/mol. The lowest BCUT2D eigenvalue weighted by Gasteiger charge is -2.10. The Bertz CT molecular complexity index is 611. The summed E-state index contributed by atoms with van der Waals surface area (Å²) in [5.41, 5.74) is 8.00. The van der Waals surface area contributed by atoms with Crippen molar-refractivity contribution in [2.45, 2.75) is 33.4 Å². The number of aryl methyl sites for hydroxylation is 2. The molecule has 0 amide bonds. The zero-order chi connectivity index (χ0) is 14.7. The highest BCUT2D eigenvalue weighted by Gasteiger charge is 2.15. The molecule has 0 aliphatic rings. The highest BCUT2D eigenvalue weighted by Crippen LogP contribution is 2.29. The molecule has 1 heterocycles. The molecular formula is C14H17Cl2N3O. The second-order valence-electron chi connectivity index (χ2n) is 4.36. The molecule has 0 fully saturated rings. The molecule has 0 spiro atoms. The van der Waals surface area contributed by atoms with Crippen LogP contribution in [0.1, 0.15) is 25.2 Å². The number of halogens is 2. The summed E-state index contributed by atoms with van der Waals surface area (Å²) < 4.78 is 7.58. The van der Waals surface area contributed by atoms with Gasteiger partial charge < -0.3 is 10.5 Å². The molecule has 0 bridgehead atoms. The van der Waals surface area contributed by atoms with Crippen LogP contribution in [0.4, 0.5) is 5.69 Å². The minimum absolute atomic E-state index is 0.323. The van der Waals surface area contributed by atoms with Gasteiger partial charge in [-0.15, -0.1) is 0 Å². The van der Waals surface area contributed by atoms with Gasteiger partial charge in [-0.1, -0.05) is 30.1 Å². The highest BCUT2D eigenvalue weighted by atomic mass is 35.5. The van der Waals surface area contributed by atoms with E-state index in [2.05, 4.69) is 5.10 Å². The standard InChI is InChI=1S/C14H17Cl2N3O/c1-3-11-14(16)12(19(4-2)18-11)8-20-13-6-5-9(17)7-10(13)15/h5-7H,3-4,8,17H2,1-2H3. The van der Waals surface area contributed by atoms with E-state index in [0.717, 1.165) is 24.4 Å². The van der Waals surface area contributed by atoms with Crippen molar-refractivity contribution in [3.63, 3.8) is 0 Å². The first kappa shape index (κ1) is 15.0. The van der Waals surface area contributed by atoms with Gasteiger partial charge in [0.1, 0.15) is 12.4 Å². The Hall–Kier alpha value is -1.39. The molecule has 4 nitrogen and oxygen atoms in total. The number of hydrogen-bond acceptors (Lipinski definition) is 3. The quantitative estimate of drug-likeness (QED) is 0.851. The van der Waals surface area contributed by atoms with Gasteiger partial charge in [0, 0.05) is 12.2 Å². The molecule has 1 aromatic carbocycles. The van der Waals surface area contributed by atoms with Gasteiger partial charge in [0.2, 0.25) is 0 Å². The third kappa shape index (κ3) is 3.02. The van der Waals surface area contributed by atoms with Gasteiger partial charge in [0.15, 0.2) is 0 Å². The Morgan fingerprint density at radius 1 is 1.30 bits per heavy atom. The maximum atomic E-state index is 6.32. The van der Waals surface area contributed by atoms with Crippen LogP contribution in [0.5, 0.6) is 5.75 Å². The van der Waals surface area contributed by atoms with E-state index in [9.17, 15) is 0 Å². The van der Waals surface area contributed by atoms with E-state index in [4.69, 9.17) is 33.7 Å². The minimum atomic E-state index is 0.323. The number of nitrogen functional groups attached to an aromatic ring is 1. The summed E-state index contributed by atoms with van der Waals surface area (Å²) in [4.78, 5) is 0. The molecule has 0 aliphatic carbocycles. The first-order chi connectivity index (χ1) is 9.56. The third-order valence-electron chi connectivity index (χ3n) is 3.01. The highest BCUT2D eigenvalue weighted by molar-refractivity contribution is 6.32. The molecule has 20 heavy (non-hydrogen) atoms. The second kappa shape index (κ2) is 6.37. The van der Waals surface area contributed by atoms with Crippen LogP contribution in [0, 0.1) is 0 Å². The zero-order valence-corrected chi connectivity index (χ0v) is 13.0. The fourth-order valence-corrected chi connectivity index (χ4v) is 2.50. The van der Waals surface area contributed by atoms with Gasteiger partial charge in [-0.25, -0.2) is 0 Å². The SMILES string of the molecule is CCc1nn(CC)c(COc2ccc(N)cc2Cl)c1Cl. The van der Waals surface area contributed by atoms with Gasteiger partial charge in [0.05, 0.1) is 21.4 Å². The zero-order valence-electron chi connectivity index (χ0n) is 11.5. The number of ether oxygens (including phenoxy) is 1. The van der Waals surface area contributed by atoms with Crippen molar-refractivity contribution in [2.24, 2.45) is 0 Å². The van der Waals surface area contributed by atoms with E-state index in [0.29, 0.717) is 28.1 Å². The lowest BCUT2D eigenvalue weighted by Crippen LogP contribution is -2.06. The Morgan fingerprint density at radius 2 is 2.05 bits per heavy atom. The number of anilines is 1. The van der Waals surface area contributed by atoms with Crippen LogP contribution in [-0.2, 0) is 19.6 Å². The normalized spacial score (nSPS) is 10.8. The predicted molar refractivity (Wildman–Crippen MR) is 82.5 cm³/mol. The first-order valence-electron chi connectivity index (χ1n) is 6.48. The summed E-state index contributed by atoms with van der Waals surface area (Å²) in [5.74, 6) is 0.582. The molecule has 108 valence electrons. The smallest absolute Gasteiger partial charge is 0.138 e. The minimum Gasteiger partial charge on any atom is -0.486 e. The summed E-state index contributed by atoms with van der Waals surface area (Å²) in [6, 6.07) is 5.16. The summed E-state index contributed by atoms with van der Waals surface area (Å²) >= 11 is 12.4. The monoisotopic (exact) mass is 313 g/mol. The Kier molecular flexibility index (Phi) is 4.78. The average Bonchev–Trinajstić information content (AvgIpc) is 2.74. The molecule has 0 atom stereocenters. The Labute approximate surface area is 128 Å². The molecule has 0 radical (unpaired) electrons. The fourth-order valence-electron chi connectivity index (χ4n) is 1.94. The molecule has 2 rings (SSSR count). The van der Waals surface area contributed by atoms with Gasteiger partial charge in [0.25, 0.3) is 0 Å². The van der Waals surface area contributed by atoms with Crippen LogP contribution < -0.4 is 10.5 Å². The number of aromatic nitrogens is 2. The van der Waals surface area contributed by atoms with Crippen LogP contribution in [-0.4, -0.2) is 9.78 Å². The van der Waals surface area contributed by atoms with E-state index >= 15 is 0 Å². The summed E-state index contributed by atoms with van der Waals surface area (Å²) in [6.45, 7) is 5.11. The van der Waals surface area contributed by atoms with Crippen molar-refractivity contribution in [1.82, 2.24) is 9.78 Å². The number of rotatable bonds is 5. The topological polar surface area (TPSA) is 53.1 Å². The lowest BCUT2D eigenvalue weighted by atomic mass is 10.3. The fraction of sp³-hybridized carbons (Fsp3) is 0.357. The van der Waals surface area contributed by atoms with Crippen LogP contribution in [0.15, 0.2) is 18.2 Å². The molecule has 0 aliphatic heterocycles. The predicted octanol–water partition coefficient (Wildman–Crippen LogP) is 3.93. The molecule has 0 unspecified atom stereocenters. The Balaban J connectivity index is 2.20. The van der Waals surface area contributed by atoms with Gasteiger partial charge in [-0.3, -0.25) is 4.68 Å². The van der Waals surface area contributed by atoms with Crippen LogP contribution >= 0.6 is 23.2 Å². The van der Waals surface area contributed by atoms with Crippen molar-refractivity contribution in [3.8, 4) is 5.75 Å². The number of hydrogen-bond donors (Lipinski definition) is 1. The maximum Gasteiger partial charge on any atom is 0.138 e. The van der Waals surface area contributed by atoms with Gasteiger partial charge >= 0.3 is 0 Å². The molecule has 0 saturated heterocycles. The average molecular weight is 314 g/mol. The summed E-state index contributed by atoms with van der Waals surface area (Å²) in [6.07, 6.45) is 0.793. The lowest BCUT2D eigenvalue weighted by molar-refractivity contribution is 0.293. The van der Waals surface area contributed by atoms with E-state index in [1.165, 1.54) is 0 Å². The molecule has 0 saturated carbocycles. The number of nitrogens with two attached hydrogens (primary N) is 1. The summed E-state index contributed by atoms with van der Waals surface area (Å²) in [5, 5.41) is 5.60. The largest absolute Gasteiger partial charge is 0.486 e.